The molecule has 2 unspecified atom stereocenters. The fourth-order valence-electron chi connectivity index (χ4n) is 3.75. The first-order chi connectivity index (χ1) is 13.6. The molecule has 3 heterocycles. The first kappa shape index (κ1) is 17.3. The molecule has 0 amide bonds. The summed E-state index contributed by atoms with van der Waals surface area (Å²) in [5, 5.41) is 6.65. The molecule has 2 aliphatic heterocycles. The maximum Gasteiger partial charge on any atom is 0.214 e. The zero-order valence-electron chi connectivity index (χ0n) is 14.9. The maximum atomic E-state index is 13.9. The van der Waals surface area contributed by atoms with E-state index in [2.05, 4.69) is 15.9 Å². The fraction of sp³-hybridized carbons (Fsp3) is 0.190. The number of hydrogen-bond donors (Lipinski definition) is 0. The first-order valence-corrected chi connectivity index (χ1v) is 9.62. The van der Waals surface area contributed by atoms with Crippen LogP contribution in [0.5, 0.6) is 11.5 Å². The molecule has 0 radical (unpaired) electrons. The highest BCUT2D eigenvalue weighted by Crippen LogP contribution is 2.51. The van der Waals surface area contributed by atoms with Crippen molar-refractivity contribution in [1.29, 1.82) is 0 Å². The molecule has 5 nitrogen and oxygen atoms in total. The monoisotopic (exact) mass is 442 g/mol. The fourth-order valence-corrected chi connectivity index (χ4v) is 4.20. The Morgan fingerprint density at radius 2 is 2.11 bits per heavy atom. The van der Waals surface area contributed by atoms with E-state index in [9.17, 15) is 4.39 Å². The molecule has 2 atom stereocenters. The Bertz CT molecular complexity index is 1070. The third kappa shape index (κ3) is 2.77. The number of ether oxygens (including phenoxy) is 2. The summed E-state index contributed by atoms with van der Waals surface area (Å²) in [6, 6.07) is 13.9. The van der Waals surface area contributed by atoms with Crippen LogP contribution in [0.25, 0.3) is 0 Å². The van der Waals surface area contributed by atoms with Gasteiger partial charge >= 0.3 is 0 Å². The van der Waals surface area contributed by atoms with E-state index in [0.717, 1.165) is 21.5 Å². The number of hydrogen-bond acceptors (Lipinski definition) is 5. The highest BCUT2D eigenvalue weighted by Gasteiger charge is 2.43. The van der Waals surface area contributed by atoms with Crippen molar-refractivity contribution >= 4 is 21.6 Å². The Hall–Kier alpha value is -2.80. The van der Waals surface area contributed by atoms with Crippen molar-refractivity contribution in [3.63, 3.8) is 0 Å². The minimum atomic E-state index is -0.573. The van der Waals surface area contributed by atoms with Crippen LogP contribution in [0.4, 0.5) is 4.39 Å². The number of halogens is 2. The lowest BCUT2D eigenvalue weighted by atomic mass is 9.97. The lowest BCUT2D eigenvalue weighted by Gasteiger charge is -2.38. The molecule has 0 bridgehead atoms. The van der Waals surface area contributed by atoms with E-state index < -0.39 is 6.23 Å². The van der Waals surface area contributed by atoms with Crippen LogP contribution in [0.2, 0.25) is 0 Å². The van der Waals surface area contributed by atoms with Gasteiger partial charge < -0.3 is 13.9 Å². The van der Waals surface area contributed by atoms with Crippen LogP contribution in [-0.4, -0.2) is 17.8 Å². The van der Waals surface area contributed by atoms with Gasteiger partial charge in [-0.3, -0.25) is 0 Å². The third-order valence-electron chi connectivity index (χ3n) is 4.98. The summed E-state index contributed by atoms with van der Waals surface area (Å²) >= 11 is 3.54. The molecular formula is C21H16BrFN2O3. The lowest BCUT2D eigenvalue weighted by molar-refractivity contribution is -0.0211. The number of rotatable bonds is 3. The molecule has 2 aliphatic rings. The summed E-state index contributed by atoms with van der Waals surface area (Å²) in [5.41, 5.74) is 2.47. The van der Waals surface area contributed by atoms with E-state index in [0.29, 0.717) is 23.5 Å². The van der Waals surface area contributed by atoms with Gasteiger partial charge in [0, 0.05) is 22.0 Å². The van der Waals surface area contributed by atoms with Gasteiger partial charge in [-0.05, 0) is 36.4 Å². The van der Waals surface area contributed by atoms with Gasteiger partial charge in [0.05, 0.1) is 19.4 Å². The molecule has 5 rings (SSSR count). The Morgan fingerprint density at radius 1 is 1.21 bits per heavy atom. The summed E-state index contributed by atoms with van der Waals surface area (Å²) in [6.45, 7) is 0. The predicted octanol–water partition coefficient (Wildman–Crippen LogP) is 5.43. The van der Waals surface area contributed by atoms with Gasteiger partial charge in [0.15, 0.2) is 11.5 Å². The zero-order chi connectivity index (χ0) is 19.3. The SMILES string of the molecule is COc1cc(Br)cc2c1OC(c1cccc(F)c1)N1N=C(c3ccco3)CC21. The van der Waals surface area contributed by atoms with E-state index in [1.807, 2.05) is 35.3 Å². The molecule has 0 saturated heterocycles. The number of furan rings is 1. The van der Waals surface area contributed by atoms with Gasteiger partial charge in [0.1, 0.15) is 17.3 Å². The summed E-state index contributed by atoms with van der Waals surface area (Å²) in [7, 11) is 1.61. The molecule has 0 N–H and O–H groups in total. The number of fused-ring (bicyclic) bond motifs is 3. The third-order valence-corrected chi connectivity index (χ3v) is 5.44. The average Bonchev–Trinajstić information content (AvgIpc) is 3.36. The van der Waals surface area contributed by atoms with Crippen LogP contribution in [0.1, 0.15) is 35.6 Å². The number of nitrogens with zero attached hydrogens (tertiary/aromatic N) is 2. The molecular weight excluding hydrogens is 427 g/mol. The summed E-state index contributed by atoms with van der Waals surface area (Å²) in [5.74, 6) is 1.67. The van der Waals surface area contributed by atoms with Crippen LogP contribution in [-0.2, 0) is 0 Å². The summed E-state index contributed by atoms with van der Waals surface area (Å²) in [4.78, 5) is 0. The normalized spacial score (nSPS) is 20.2. The van der Waals surface area contributed by atoms with Crippen molar-refractivity contribution in [3.8, 4) is 11.5 Å². The Kier molecular flexibility index (Phi) is 4.12. The van der Waals surface area contributed by atoms with Crippen LogP contribution in [0.3, 0.4) is 0 Å². The van der Waals surface area contributed by atoms with Gasteiger partial charge in [0.25, 0.3) is 0 Å². The lowest BCUT2D eigenvalue weighted by Crippen LogP contribution is -2.34. The van der Waals surface area contributed by atoms with Gasteiger partial charge in [0.2, 0.25) is 6.23 Å². The van der Waals surface area contributed by atoms with Gasteiger partial charge in [-0.1, -0.05) is 28.1 Å². The van der Waals surface area contributed by atoms with E-state index in [-0.39, 0.29) is 11.9 Å². The molecule has 0 spiro atoms. The van der Waals surface area contributed by atoms with E-state index in [1.54, 1.807) is 19.4 Å². The van der Waals surface area contributed by atoms with Gasteiger partial charge in [-0.25, -0.2) is 9.40 Å². The number of hydrazone groups is 1. The predicted molar refractivity (Wildman–Crippen MR) is 105 cm³/mol. The maximum absolute atomic E-state index is 13.9. The molecule has 0 aliphatic carbocycles. The summed E-state index contributed by atoms with van der Waals surface area (Å²) < 4.78 is 32.2. The minimum absolute atomic E-state index is 0.0801. The summed E-state index contributed by atoms with van der Waals surface area (Å²) in [6.07, 6.45) is 1.70. The van der Waals surface area contributed by atoms with Crippen LogP contribution in [0.15, 0.2) is 68.8 Å². The standard InChI is InChI=1S/C21H16BrFN2O3/c1-26-19-10-13(22)9-15-17-11-16(18-6-3-7-27-18)24-25(17)21(28-20(15)19)12-4-2-5-14(23)8-12/h2-10,17,21H,11H2,1H3. The van der Waals surface area contributed by atoms with Crippen molar-refractivity contribution < 1.29 is 18.3 Å². The van der Waals surface area contributed by atoms with Crippen molar-refractivity contribution in [2.45, 2.75) is 18.7 Å². The minimum Gasteiger partial charge on any atom is -0.493 e. The molecule has 2 aromatic carbocycles. The van der Waals surface area contributed by atoms with Crippen molar-refractivity contribution in [1.82, 2.24) is 5.01 Å². The highest BCUT2D eigenvalue weighted by atomic mass is 79.9. The number of benzene rings is 2. The molecule has 1 aromatic heterocycles. The molecule has 3 aromatic rings. The Balaban J connectivity index is 1.66. The van der Waals surface area contributed by atoms with E-state index in [1.165, 1.54) is 12.1 Å². The second-order valence-corrected chi connectivity index (χ2v) is 7.59. The topological polar surface area (TPSA) is 47.2 Å². The Labute approximate surface area is 169 Å². The smallest absolute Gasteiger partial charge is 0.214 e. The molecule has 0 fully saturated rings. The zero-order valence-corrected chi connectivity index (χ0v) is 16.5. The van der Waals surface area contributed by atoms with Crippen molar-refractivity contribution in [2.75, 3.05) is 7.11 Å². The average molecular weight is 443 g/mol. The van der Waals surface area contributed by atoms with Crippen LogP contribution < -0.4 is 9.47 Å². The Morgan fingerprint density at radius 3 is 2.86 bits per heavy atom. The molecule has 7 heteroatoms. The van der Waals surface area contributed by atoms with Crippen LogP contribution in [0, 0.1) is 5.82 Å². The van der Waals surface area contributed by atoms with E-state index in [4.69, 9.17) is 19.0 Å². The van der Waals surface area contributed by atoms with Gasteiger partial charge in [-0.15, -0.1) is 0 Å². The second kappa shape index (κ2) is 6.67. The van der Waals surface area contributed by atoms with E-state index >= 15 is 0 Å². The highest BCUT2D eigenvalue weighted by molar-refractivity contribution is 9.10. The largest absolute Gasteiger partial charge is 0.493 e. The quantitative estimate of drug-likeness (QED) is 0.542. The molecule has 142 valence electrons. The van der Waals surface area contributed by atoms with Crippen LogP contribution >= 0.6 is 15.9 Å². The van der Waals surface area contributed by atoms with Gasteiger partial charge in [-0.2, -0.15) is 5.10 Å². The first-order valence-electron chi connectivity index (χ1n) is 8.83. The number of methoxy groups -OCH3 is 1. The van der Waals surface area contributed by atoms with Crippen molar-refractivity contribution in [2.24, 2.45) is 5.10 Å². The second-order valence-electron chi connectivity index (χ2n) is 6.68. The van der Waals surface area contributed by atoms with Crippen molar-refractivity contribution in [3.05, 3.63) is 82.0 Å². The molecule has 28 heavy (non-hydrogen) atoms. The molecule has 0 saturated carbocycles.